The van der Waals surface area contributed by atoms with Gasteiger partial charge in [0.25, 0.3) is 5.91 Å². The Bertz CT molecular complexity index is 476. The lowest BCUT2D eigenvalue weighted by Gasteiger charge is -2.06. The third-order valence-electron chi connectivity index (χ3n) is 2.40. The van der Waals surface area contributed by atoms with Crippen molar-refractivity contribution in [2.24, 2.45) is 0 Å². The highest BCUT2D eigenvalue weighted by Crippen LogP contribution is 2.03. The summed E-state index contributed by atoms with van der Waals surface area (Å²) in [5, 5.41) is 11.4. The highest BCUT2D eigenvalue weighted by Gasteiger charge is 2.04. The van der Waals surface area contributed by atoms with Crippen LogP contribution in [0.3, 0.4) is 0 Å². The van der Waals surface area contributed by atoms with E-state index in [1.807, 2.05) is 0 Å². The van der Waals surface area contributed by atoms with Gasteiger partial charge in [-0.25, -0.2) is 0 Å². The molecule has 108 valence electrons. The van der Waals surface area contributed by atoms with E-state index in [9.17, 15) is 4.79 Å². The lowest BCUT2D eigenvalue weighted by molar-refractivity contribution is 0.0692. The van der Waals surface area contributed by atoms with Crippen LogP contribution in [0.4, 0.5) is 0 Å². The lowest BCUT2D eigenvalue weighted by atomic mass is 10.1. The summed E-state index contributed by atoms with van der Waals surface area (Å²) in [6.45, 7) is 1.74. The molecule has 0 saturated heterocycles. The zero-order valence-corrected chi connectivity index (χ0v) is 11.5. The highest BCUT2D eigenvalue weighted by atomic mass is 16.5. The second kappa shape index (κ2) is 9.98. The Kier molecular flexibility index (Phi) is 8.08. The fraction of sp³-hybridized carbons (Fsp3) is 0.400. The van der Waals surface area contributed by atoms with E-state index in [4.69, 9.17) is 14.6 Å². The minimum atomic E-state index is -0.199. The summed E-state index contributed by atoms with van der Waals surface area (Å²) < 4.78 is 10.1. The van der Waals surface area contributed by atoms with Gasteiger partial charge in [-0.2, -0.15) is 0 Å². The second-order valence-corrected chi connectivity index (χ2v) is 3.90. The van der Waals surface area contributed by atoms with Crippen LogP contribution in [0.15, 0.2) is 24.3 Å². The Hall–Kier alpha value is -1.87. The number of hydrogen-bond acceptors (Lipinski definition) is 4. The van der Waals surface area contributed by atoms with Crippen molar-refractivity contribution in [3.8, 4) is 11.8 Å². The number of methoxy groups -OCH3 is 1. The first-order chi connectivity index (χ1) is 9.77. The van der Waals surface area contributed by atoms with Crippen LogP contribution < -0.4 is 5.32 Å². The Morgan fingerprint density at radius 3 is 2.95 bits per heavy atom. The van der Waals surface area contributed by atoms with Crippen LogP contribution in [0.5, 0.6) is 0 Å². The molecule has 0 atom stereocenters. The average Bonchev–Trinajstić information content (AvgIpc) is 2.48. The number of nitrogens with one attached hydrogen (secondary N) is 1. The Balaban J connectivity index is 2.39. The zero-order valence-electron chi connectivity index (χ0n) is 11.5. The molecule has 0 aliphatic rings. The summed E-state index contributed by atoms with van der Waals surface area (Å²) in [5.41, 5.74) is 1.23. The van der Waals surface area contributed by atoms with Crippen LogP contribution in [0.2, 0.25) is 0 Å². The zero-order chi connectivity index (χ0) is 14.6. The first-order valence-electron chi connectivity index (χ1n) is 6.32. The molecule has 0 radical (unpaired) electrons. The summed E-state index contributed by atoms with van der Waals surface area (Å²) in [6, 6.07) is 6.94. The molecule has 5 nitrogen and oxygen atoms in total. The van der Waals surface area contributed by atoms with E-state index in [-0.39, 0.29) is 12.5 Å². The van der Waals surface area contributed by atoms with Crippen molar-refractivity contribution in [1.29, 1.82) is 0 Å². The Morgan fingerprint density at radius 2 is 2.20 bits per heavy atom. The van der Waals surface area contributed by atoms with E-state index < -0.39 is 0 Å². The van der Waals surface area contributed by atoms with E-state index in [1.165, 1.54) is 0 Å². The third-order valence-corrected chi connectivity index (χ3v) is 2.40. The van der Waals surface area contributed by atoms with Gasteiger partial charge < -0.3 is 19.9 Å². The number of amides is 1. The van der Waals surface area contributed by atoms with Crippen molar-refractivity contribution >= 4 is 5.91 Å². The predicted molar refractivity (Wildman–Crippen MR) is 75.4 cm³/mol. The minimum absolute atomic E-state index is 0.173. The van der Waals surface area contributed by atoms with Crippen LogP contribution in [0.1, 0.15) is 15.9 Å². The van der Waals surface area contributed by atoms with E-state index >= 15 is 0 Å². The molecule has 5 heteroatoms. The summed E-state index contributed by atoms with van der Waals surface area (Å²) in [6.07, 6.45) is 0. The highest BCUT2D eigenvalue weighted by molar-refractivity contribution is 5.94. The molecular weight excluding hydrogens is 258 g/mol. The molecular formula is C15H19NO4. The number of rotatable bonds is 7. The SMILES string of the molecule is COCCOCCNC(=O)c1cccc(C#CCO)c1. The van der Waals surface area contributed by atoms with E-state index in [1.54, 1.807) is 31.4 Å². The number of aliphatic hydroxyl groups excluding tert-OH is 1. The molecule has 0 aliphatic carbocycles. The first-order valence-corrected chi connectivity index (χ1v) is 6.32. The van der Waals surface area contributed by atoms with Gasteiger partial charge in [-0.05, 0) is 18.2 Å². The smallest absolute Gasteiger partial charge is 0.251 e. The molecule has 0 spiro atoms. The van der Waals surface area contributed by atoms with Gasteiger partial charge in [0.1, 0.15) is 6.61 Å². The quantitative estimate of drug-likeness (QED) is 0.560. The molecule has 0 aliphatic heterocycles. The van der Waals surface area contributed by atoms with Crippen LogP contribution in [0.25, 0.3) is 0 Å². The fourth-order valence-corrected chi connectivity index (χ4v) is 1.46. The van der Waals surface area contributed by atoms with Crippen molar-refractivity contribution in [2.75, 3.05) is 40.1 Å². The Labute approximate surface area is 118 Å². The van der Waals surface area contributed by atoms with E-state index in [2.05, 4.69) is 17.2 Å². The molecule has 0 saturated carbocycles. The maximum Gasteiger partial charge on any atom is 0.251 e. The molecule has 0 unspecified atom stereocenters. The van der Waals surface area contributed by atoms with Gasteiger partial charge in [0.2, 0.25) is 0 Å². The number of carbonyl (C=O) groups is 1. The van der Waals surface area contributed by atoms with Crippen molar-refractivity contribution < 1.29 is 19.4 Å². The predicted octanol–water partition coefficient (Wildman–Crippen LogP) is 0.423. The number of ether oxygens (including phenoxy) is 2. The van der Waals surface area contributed by atoms with Crippen LogP contribution in [-0.2, 0) is 9.47 Å². The standard InChI is InChI=1S/C15H19NO4/c1-19-10-11-20-9-7-16-15(18)14-6-2-4-13(12-14)5-3-8-17/h2,4,6,12,17H,7-11H2,1H3,(H,16,18). The molecule has 0 fully saturated rings. The van der Waals surface area contributed by atoms with Crippen molar-refractivity contribution in [1.82, 2.24) is 5.32 Å². The maximum absolute atomic E-state index is 11.9. The summed E-state index contributed by atoms with van der Waals surface area (Å²) in [7, 11) is 1.61. The van der Waals surface area contributed by atoms with E-state index in [0.717, 1.165) is 0 Å². The molecule has 0 heterocycles. The maximum atomic E-state index is 11.9. The summed E-state index contributed by atoms with van der Waals surface area (Å²) >= 11 is 0. The van der Waals surface area contributed by atoms with Crippen molar-refractivity contribution in [3.05, 3.63) is 35.4 Å². The van der Waals surface area contributed by atoms with Gasteiger partial charge in [0, 0.05) is 24.8 Å². The second-order valence-electron chi connectivity index (χ2n) is 3.90. The number of aliphatic hydroxyl groups is 1. The number of hydrogen-bond donors (Lipinski definition) is 2. The fourth-order valence-electron chi connectivity index (χ4n) is 1.46. The van der Waals surface area contributed by atoms with E-state index in [0.29, 0.717) is 37.5 Å². The molecule has 1 rings (SSSR count). The minimum Gasteiger partial charge on any atom is -0.384 e. The normalized spacial score (nSPS) is 9.70. The summed E-state index contributed by atoms with van der Waals surface area (Å²) in [5.74, 6) is 5.13. The van der Waals surface area contributed by atoms with Gasteiger partial charge in [0.15, 0.2) is 0 Å². The topological polar surface area (TPSA) is 67.8 Å². The van der Waals surface area contributed by atoms with Crippen molar-refractivity contribution in [3.63, 3.8) is 0 Å². The van der Waals surface area contributed by atoms with Gasteiger partial charge in [-0.3, -0.25) is 4.79 Å². The lowest BCUT2D eigenvalue weighted by Crippen LogP contribution is -2.27. The first kappa shape index (κ1) is 16.2. The van der Waals surface area contributed by atoms with Gasteiger partial charge in [-0.1, -0.05) is 17.9 Å². The molecule has 2 N–H and O–H groups in total. The van der Waals surface area contributed by atoms with Crippen LogP contribution in [0, 0.1) is 11.8 Å². The van der Waals surface area contributed by atoms with Gasteiger partial charge in [0.05, 0.1) is 19.8 Å². The number of benzene rings is 1. The van der Waals surface area contributed by atoms with Crippen LogP contribution in [-0.4, -0.2) is 51.1 Å². The third kappa shape index (κ3) is 6.34. The largest absolute Gasteiger partial charge is 0.384 e. The molecule has 1 aromatic carbocycles. The average molecular weight is 277 g/mol. The Morgan fingerprint density at radius 1 is 1.35 bits per heavy atom. The van der Waals surface area contributed by atoms with Crippen LogP contribution >= 0.6 is 0 Å². The monoisotopic (exact) mass is 277 g/mol. The molecule has 20 heavy (non-hydrogen) atoms. The number of carbonyl (C=O) groups excluding carboxylic acids is 1. The van der Waals surface area contributed by atoms with Crippen molar-refractivity contribution in [2.45, 2.75) is 0 Å². The molecule has 1 amide bonds. The van der Waals surface area contributed by atoms with Gasteiger partial charge in [-0.15, -0.1) is 0 Å². The molecule has 1 aromatic rings. The summed E-state index contributed by atoms with van der Waals surface area (Å²) in [4.78, 5) is 11.9. The molecule has 0 aromatic heterocycles. The van der Waals surface area contributed by atoms with Gasteiger partial charge >= 0.3 is 0 Å². The molecule has 0 bridgehead atoms.